The Morgan fingerprint density at radius 1 is 1.26 bits per heavy atom. The lowest BCUT2D eigenvalue weighted by Gasteiger charge is -2.31. The zero-order valence-electron chi connectivity index (χ0n) is 11.8. The van der Waals surface area contributed by atoms with Crippen molar-refractivity contribution in [2.45, 2.75) is 45.6 Å². The number of nitrogens with zero attached hydrogens (tertiary/aromatic N) is 1. The number of carbonyl (C=O) groups is 1. The van der Waals surface area contributed by atoms with Crippen molar-refractivity contribution in [1.29, 1.82) is 0 Å². The molecule has 1 aliphatic carbocycles. The Morgan fingerprint density at radius 2 is 1.84 bits per heavy atom. The van der Waals surface area contributed by atoms with Gasteiger partial charge in [-0.05, 0) is 37.0 Å². The lowest BCUT2D eigenvalue weighted by atomic mass is 9.82. The number of hydrogen-bond acceptors (Lipinski definition) is 1. The van der Waals surface area contributed by atoms with Crippen molar-refractivity contribution in [3.05, 3.63) is 34.3 Å². The summed E-state index contributed by atoms with van der Waals surface area (Å²) < 4.78 is 1.08. The van der Waals surface area contributed by atoms with E-state index in [0.717, 1.165) is 23.7 Å². The molecule has 0 spiro atoms. The predicted octanol–water partition coefficient (Wildman–Crippen LogP) is 4.38. The van der Waals surface area contributed by atoms with Gasteiger partial charge in [-0.15, -0.1) is 0 Å². The minimum absolute atomic E-state index is 0.0793. The SMILES string of the molecule is CCC1(C(=O)N(C)Cc2ccc(Br)cc2)CCCC1. The van der Waals surface area contributed by atoms with Crippen LogP contribution < -0.4 is 0 Å². The second-order valence-electron chi connectivity index (χ2n) is 5.63. The monoisotopic (exact) mass is 323 g/mol. The maximum atomic E-state index is 12.7. The van der Waals surface area contributed by atoms with E-state index >= 15 is 0 Å². The quantitative estimate of drug-likeness (QED) is 0.805. The zero-order chi connectivity index (χ0) is 13.9. The van der Waals surface area contributed by atoms with Crippen LogP contribution in [0.15, 0.2) is 28.7 Å². The molecule has 0 aliphatic heterocycles. The Labute approximate surface area is 124 Å². The van der Waals surface area contributed by atoms with Gasteiger partial charge < -0.3 is 4.90 Å². The van der Waals surface area contributed by atoms with Gasteiger partial charge in [-0.25, -0.2) is 0 Å². The fourth-order valence-corrected chi connectivity index (χ4v) is 3.38. The number of hydrogen-bond donors (Lipinski definition) is 0. The first-order valence-corrected chi connectivity index (χ1v) is 7.87. The first-order chi connectivity index (χ1) is 9.07. The summed E-state index contributed by atoms with van der Waals surface area (Å²) in [5.41, 5.74) is 1.10. The number of benzene rings is 1. The van der Waals surface area contributed by atoms with Crippen LogP contribution in [0.5, 0.6) is 0 Å². The topological polar surface area (TPSA) is 20.3 Å². The molecule has 1 amide bonds. The molecule has 1 aromatic carbocycles. The third kappa shape index (κ3) is 3.19. The van der Waals surface area contributed by atoms with Crippen LogP contribution >= 0.6 is 15.9 Å². The van der Waals surface area contributed by atoms with Gasteiger partial charge in [0.05, 0.1) is 0 Å². The highest BCUT2D eigenvalue weighted by atomic mass is 79.9. The van der Waals surface area contributed by atoms with Gasteiger partial charge in [-0.3, -0.25) is 4.79 Å². The molecule has 1 aliphatic rings. The second-order valence-corrected chi connectivity index (χ2v) is 6.54. The maximum absolute atomic E-state index is 12.7. The van der Waals surface area contributed by atoms with Crippen molar-refractivity contribution in [2.75, 3.05) is 7.05 Å². The Balaban J connectivity index is 2.04. The maximum Gasteiger partial charge on any atom is 0.228 e. The summed E-state index contributed by atoms with van der Waals surface area (Å²) in [6.07, 6.45) is 5.49. The van der Waals surface area contributed by atoms with Crippen LogP contribution in [-0.4, -0.2) is 17.9 Å². The van der Waals surface area contributed by atoms with Crippen molar-refractivity contribution in [2.24, 2.45) is 5.41 Å². The van der Waals surface area contributed by atoms with E-state index in [-0.39, 0.29) is 5.41 Å². The Bertz CT molecular complexity index is 435. The van der Waals surface area contributed by atoms with Crippen LogP contribution in [0.4, 0.5) is 0 Å². The predicted molar refractivity (Wildman–Crippen MR) is 81.8 cm³/mol. The number of carbonyl (C=O) groups excluding carboxylic acids is 1. The molecule has 0 atom stereocenters. The van der Waals surface area contributed by atoms with E-state index in [1.165, 1.54) is 18.4 Å². The van der Waals surface area contributed by atoms with Gasteiger partial charge in [0.25, 0.3) is 0 Å². The molecule has 0 radical (unpaired) electrons. The van der Waals surface area contributed by atoms with E-state index in [9.17, 15) is 4.79 Å². The van der Waals surface area contributed by atoms with Crippen molar-refractivity contribution in [3.8, 4) is 0 Å². The lowest BCUT2D eigenvalue weighted by Crippen LogP contribution is -2.39. The van der Waals surface area contributed by atoms with Crippen LogP contribution in [0.1, 0.15) is 44.6 Å². The average molecular weight is 324 g/mol. The van der Waals surface area contributed by atoms with Gasteiger partial charge in [0.1, 0.15) is 0 Å². The van der Waals surface area contributed by atoms with Crippen molar-refractivity contribution < 1.29 is 4.79 Å². The Kier molecular flexibility index (Phi) is 4.67. The molecule has 0 saturated heterocycles. The molecule has 0 heterocycles. The van der Waals surface area contributed by atoms with Crippen molar-refractivity contribution in [1.82, 2.24) is 4.90 Å². The average Bonchev–Trinajstić information content (AvgIpc) is 2.90. The normalized spacial score (nSPS) is 17.4. The molecule has 0 unspecified atom stereocenters. The van der Waals surface area contributed by atoms with Crippen LogP contribution in [0.3, 0.4) is 0 Å². The molecular formula is C16H22BrNO. The second kappa shape index (κ2) is 6.08. The minimum atomic E-state index is -0.0793. The van der Waals surface area contributed by atoms with Gasteiger partial charge in [0.2, 0.25) is 5.91 Å². The molecule has 19 heavy (non-hydrogen) atoms. The molecule has 1 fully saturated rings. The molecule has 1 aromatic rings. The number of rotatable bonds is 4. The fourth-order valence-electron chi connectivity index (χ4n) is 3.11. The standard InChI is InChI=1S/C16H22BrNO/c1-3-16(10-4-5-11-16)15(19)18(2)12-13-6-8-14(17)9-7-13/h6-9H,3-5,10-12H2,1-2H3. The van der Waals surface area contributed by atoms with Crippen LogP contribution in [0.25, 0.3) is 0 Å². The Morgan fingerprint density at radius 3 is 2.37 bits per heavy atom. The molecule has 1 saturated carbocycles. The van der Waals surface area contributed by atoms with Crippen molar-refractivity contribution >= 4 is 21.8 Å². The summed E-state index contributed by atoms with van der Waals surface area (Å²) in [6.45, 7) is 2.85. The number of amides is 1. The third-order valence-electron chi connectivity index (χ3n) is 4.37. The largest absolute Gasteiger partial charge is 0.341 e. The fraction of sp³-hybridized carbons (Fsp3) is 0.562. The van der Waals surface area contributed by atoms with Gasteiger partial charge in [0.15, 0.2) is 0 Å². The van der Waals surface area contributed by atoms with Gasteiger partial charge in [-0.2, -0.15) is 0 Å². The summed E-state index contributed by atoms with van der Waals surface area (Å²) >= 11 is 3.43. The third-order valence-corrected chi connectivity index (χ3v) is 4.90. The van der Waals surface area contributed by atoms with E-state index in [1.807, 2.05) is 24.1 Å². The smallest absolute Gasteiger partial charge is 0.228 e. The lowest BCUT2D eigenvalue weighted by molar-refractivity contribution is -0.141. The van der Waals surface area contributed by atoms with E-state index < -0.39 is 0 Å². The molecule has 0 N–H and O–H groups in total. The highest BCUT2D eigenvalue weighted by Crippen LogP contribution is 2.42. The molecular weight excluding hydrogens is 302 g/mol. The molecule has 3 heteroatoms. The van der Waals surface area contributed by atoms with Crippen molar-refractivity contribution in [3.63, 3.8) is 0 Å². The van der Waals surface area contributed by atoms with Crippen LogP contribution in [0, 0.1) is 5.41 Å². The summed E-state index contributed by atoms with van der Waals surface area (Å²) in [7, 11) is 1.93. The first-order valence-electron chi connectivity index (χ1n) is 7.07. The minimum Gasteiger partial charge on any atom is -0.341 e. The van der Waals surface area contributed by atoms with Crippen LogP contribution in [-0.2, 0) is 11.3 Å². The highest BCUT2D eigenvalue weighted by molar-refractivity contribution is 9.10. The van der Waals surface area contributed by atoms with Crippen LogP contribution in [0.2, 0.25) is 0 Å². The van der Waals surface area contributed by atoms with Gasteiger partial charge >= 0.3 is 0 Å². The van der Waals surface area contributed by atoms with Gasteiger partial charge in [0, 0.05) is 23.5 Å². The highest BCUT2D eigenvalue weighted by Gasteiger charge is 2.40. The van der Waals surface area contributed by atoms with E-state index in [2.05, 4.69) is 35.0 Å². The zero-order valence-corrected chi connectivity index (χ0v) is 13.4. The summed E-state index contributed by atoms with van der Waals surface area (Å²) in [5.74, 6) is 0.329. The molecule has 2 rings (SSSR count). The number of halogens is 1. The van der Waals surface area contributed by atoms with E-state index in [0.29, 0.717) is 12.5 Å². The summed E-state index contributed by atoms with van der Waals surface area (Å²) in [5, 5.41) is 0. The summed E-state index contributed by atoms with van der Waals surface area (Å²) in [6, 6.07) is 8.19. The molecule has 2 nitrogen and oxygen atoms in total. The first kappa shape index (κ1) is 14.6. The van der Waals surface area contributed by atoms with E-state index in [1.54, 1.807) is 0 Å². The molecule has 104 valence electrons. The van der Waals surface area contributed by atoms with E-state index in [4.69, 9.17) is 0 Å². The molecule has 0 bridgehead atoms. The Hall–Kier alpha value is -0.830. The summed E-state index contributed by atoms with van der Waals surface area (Å²) in [4.78, 5) is 14.6. The molecule has 0 aromatic heterocycles. The van der Waals surface area contributed by atoms with Gasteiger partial charge in [-0.1, -0.05) is 47.8 Å².